The Kier molecular flexibility index (Phi) is 7.28. The van der Waals surface area contributed by atoms with Gasteiger partial charge in [-0.15, -0.1) is 0 Å². The molecule has 0 spiro atoms. The zero-order chi connectivity index (χ0) is 22.7. The van der Waals surface area contributed by atoms with Gasteiger partial charge < -0.3 is 25.6 Å². The average molecular weight is 440 g/mol. The van der Waals surface area contributed by atoms with Gasteiger partial charge in [0.15, 0.2) is 0 Å². The maximum absolute atomic E-state index is 12.6. The van der Waals surface area contributed by atoms with Crippen LogP contribution in [0.2, 0.25) is 0 Å². The molecule has 2 rings (SSSR count). The van der Waals surface area contributed by atoms with E-state index >= 15 is 0 Å². The smallest absolute Gasteiger partial charge is 0.411 e. The number of aliphatic imine (C=N–C) groups is 1. The van der Waals surface area contributed by atoms with Crippen molar-refractivity contribution < 1.29 is 28.7 Å². The van der Waals surface area contributed by atoms with Crippen molar-refractivity contribution in [3.63, 3.8) is 0 Å². The van der Waals surface area contributed by atoms with Gasteiger partial charge in [0.25, 0.3) is 5.91 Å². The highest BCUT2D eigenvalue weighted by Gasteiger charge is 2.42. The Morgan fingerprint density at radius 2 is 2.03 bits per heavy atom. The lowest BCUT2D eigenvalue weighted by atomic mass is 9.97. The highest BCUT2D eigenvalue weighted by Crippen LogP contribution is 2.38. The summed E-state index contributed by atoms with van der Waals surface area (Å²) in [6, 6.07) is 4.51. The van der Waals surface area contributed by atoms with E-state index in [1.807, 2.05) is 6.92 Å². The van der Waals surface area contributed by atoms with E-state index in [9.17, 15) is 14.2 Å². The molecule has 166 valence electrons. The number of nitrogens with zero attached hydrogens (tertiary/aromatic N) is 2. The van der Waals surface area contributed by atoms with Gasteiger partial charge in [-0.3, -0.25) is 14.3 Å². The molecule has 1 aliphatic rings. The van der Waals surface area contributed by atoms with E-state index in [0.29, 0.717) is 11.3 Å². The van der Waals surface area contributed by atoms with Gasteiger partial charge in [-0.25, -0.2) is 9.79 Å². The monoisotopic (exact) mass is 440 g/mol. The first-order valence-electron chi connectivity index (χ1n) is 9.66. The second-order valence-corrected chi connectivity index (χ2v) is 9.35. The standard InChI is InChI=1S/C19H29N4O6P/c1-5-29-18(25)23-12(2)14-8-7-13(11-15(14)22-17(20)19(23,3)4)16(24)21-9-6-10-30(26,27)28/h7-8,11-12H,5-6,9-10H2,1-4H3,(H2,20,22)(H,21,24)(H2,26,27,28). The normalized spacial score (nSPS) is 18.1. The molecule has 11 heteroatoms. The van der Waals surface area contributed by atoms with Crippen molar-refractivity contribution in [3.8, 4) is 0 Å². The molecule has 0 bridgehead atoms. The molecule has 30 heavy (non-hydrogen) atoms. The molecule has 0 radical (unpaired) electrons. The molecule has 1 aromatic rings. The molecule has 1 unspecified atom stereocenters. The van der Waals surface area contributed by atoms with Crippen LogP contribution in [0.3, 0.4) is 0 Å². The highest BCUT2D eigenvalue weighted by atomic mass is 31.2. The van der Waals surface area contributed by atoms with Crippen molar-refractivity contribution in [2.45, 2.75) is 45.7 Å². The number of nitrogens with two attached hydrogens (primary N) is 1. The van der Waals surface area contributed by atoms with Crippen LogP contribution in [0.5, 0.6) is 0 Å². The Hall–Kier alpha value is -2.42. The molecular formula is C19H29N4O6P. The van der Waals surface area contributed by atoms with Crippen molar-refractivity contribution in [1.29, 1.82) is 0 Å². The first-order chi connectivity index (χ1) is 13.9. The first kappa shape index (κ1) is 23.9. The maximum atomic E-state index is 12.6. The van der Waals surface area contributed by atoms with Crippen molar-refractivity contribution in [3.05, 3.63) is 29.3 Å². The van der Waals surface area contributed by atoms with Crippen LogP contribution in [0.4, 0.5) is 10.5 Å². The minimum absolute atomic E-state index is 0.131. The number of ether oxygens (including phenoxy) is 1. The zero-order valence-corrected chi connectivity index (χ0v) is 18.5. The van der Waals surface area contributed by atoms with Gasteiger partial charge in [-0.2, -0.15) is 0 Å². The number of nitrogens with one attached hydrogen (secondary N) is 1. The molecule has 0 aromatic heterocycles. The summed E-state index contributed by atoms with van der Waals surface area (Å²) in [5.41, 5.74) is 6.82. The number of benzene rings is 1. The fourth-order valence-corrected chi connectivity index (χ4v) is 3.89. The lowest BCUT2D eigenvalue weighted by molar-refractivity contribution is 0.0661. The summed E-state index contributed by atoms with van der Waals surface area (Å²) in [6.07, 6.45) is -0.645. The third-order valence-corrected chi connectivity index (χ3v) is 5.88. The maximum Gasteiger partial charge on any atom is 0.411 e. The van der Waals surface area contributed by atoms with Crippen LogP contribution < -0.4 is 11.1 Å². The van der Waals surface area contributed by atoms with E-state index in [-0.39, 0.29) is 31.6 Å². The first-order valence-corrected chi connectivity index (χ1v) is 11.5. The number of carbonyl (C=O) groups excluding carboxylic acids is 2. The zero-order valence-electron chi connectivity index (χ0n) is 17.6. The summed E-state index contributed by atoms with van der Waals surface area (Å²) >= 11 is 0. The fraction of sp³-hybridized carbons (Fsp3) is 0.526. The summed E-state index contributed by atoms with van der Waals surface area (Å²) in [5.74, 6) is -0.184. The van der Waals surface area contributed by atoms with E-state index in [4.69, 9.17) is 20.3 Å². The van der Waals surface area contributed by atoms with Crippen molar-refractivity contribution in [2.75, 3.05) is 19.3 Å². The van der Waals surface area contributed by atoms with E-state index < -0.39 is 31.2 Å². The molecule has 0 saturated carbocycles. The molecule has 0 fully saturated rings. The Morgan fingerprint density at radius 3 is 2.63 bits per heavy atom. The van der Waals surface area contributed by atoms with Crippen LogP contribution in [0.1, 0.15) is 56.1 Å². The van der Waals surface area contributed by atoms with Crippen molar-refractivity contribution in [2.24, 2.45) is 10.7 Å². The Morgan fingerprint density at radius 1 is 1.37 bits per heavy atom. The van der Waals surface area contributed by atoms with Crippen LogP contribution in [-0.4, -0.2) is 57.4 Å². The van der Waals surface area contributed by atoms with Gasteiger partial charge in [0, 0.05) is 17.7 Å². The number of carbonyl (C=O) groups is 2. The molecule has 1 atom stereocenters. The minimum Gasteiger partial charge on any atom is -0.450 e. The van der Waals surface area contributed by atoms with Crippen LogP contribution >= 0.6 is 7.60 Å². The summed E-state index contributed by atoms with van der Waals surface area (Å²) < 4.78 is 16.1. The molecule has 1 aromatic carbocycles. The van der Waals surface area contributed by atoms with Crippen LogP contribution in [0, 0.1) is 0 Å². The predicted molar refractivity (Wildman–Crippen MR) is 113 cm³/mol. The highest BCUT2D eigenvalue weighted by molar-refractivity contribution is 7.51. The lowest BCUT2D eigenvalue weighted by Gasteiger charge is -2.39. The van der Waals surface area contributed by atoms with Gasteiger partial charge in [0.05, 0.1) is 30.0 Å². The molecule has 2 amide bonds. The van der Waals surface area contributed by atoms with Gasteiger partial charge in [0.1, 0.15) is 5.84 Å². The van der Waals surface area contributed by atoms with Crippen molar-refractivity contribution in [1.82, 2.24) is 10.2 Å². The van der Waals surface area contributed by atoms with Gasteiger partial charge >= 0.3 is 13.7 Å². The number of amidine groups is 1. The number of fused-ring (bicyclic) bond motifs is 1. The minimum atomic E-state index is -4.09. The molecule has 0 saturated heterocycles. The topological polar surface area (TPSA) is 155 Å². The van der Waals surface area contributed by atoms with E-state index in [1.54, 1.807) is 39.0 Å². The summed E-state index contributed by atoms with van der Waals surface area (Å²) in [5, 5.41) is 2.63. The van der Waals surface area contributed by atoms with E-state index in [2.05, 4.69) is 10.3 Å². The lowest BCUT2D eigenvalue weighted by Crippen LogP contribution is -2.56. The largest absolute Gasteiger partial charge is 0.450 e. The van der Waals surface area contributed by atoms with Crippen LogP contribution in [0.25, 0.3) is 0 Å². The van der Waals surface area contributed by atoms with Gasteiger partial charge in [0.2, 0.25) is 0 Å². The summed E-state index contributed by atoms with van der Waals surface area (Å²) in [6.45, 7) is 7.48. The quantitative estimate of drug-likeness (QED) is 0.391. The Bertz CT molecular complexity index is 895. The molecule has 10 nitrogen and oxygen atoms in total. The summed E-state index contributed by atoms with van der Waals surface area (Å²) in [7, 11) is -4.09. The van der Waals surface area contributed by atoms with Gasteiger partial charge in [-0.1, -0.05) is 6.07 Å². The van der Waals surface area contributed by atoms with Gasteiger partial charge in [-0.05, 0) is 46.2 Å². The summed E-state index contributed by atoms with van der Waals surface area (Å²) in [4.78, 5) is 48.8. The number of hydrogen-bond acceptors (Lipinski definition) is 6. The average Bonchev–Trinajstić information content (AvgIpc) is 2.70. The van der Waals surface area contributed by atoms with Crippen molar-refractivity contribution >= 4 is 31.1 Å². The Balaban J connectivity index is 2.29. The number of hydrogen-bond donors (Lipinski definition) is 4. The van der Waals surface area contributed by atoms with Crippen LogP contribution in [0.15, 0.2) is 23.2 Å². The second kappa shape index (κ2) is 9.16. The predicted octanol–water partition coefficient (Wildman–Crippen LogP) is 2.28. The number of rotatable bonds is 6. The Labute approximate surface area is 175 Å². The molecule has 5 N–H and O–H groups in total. The molecular weight excluding hydrogens is 411 g/mol. The molecule has 0 aliphatic carbocycles. The van der Waals surface area contributed by atoms with E-state index in [1.165, 1.54) is 4.90 Å². The van der Waals surface area contributed by atoms with Crippen LogP contribution in [-0.2, 0) is 9.30 Å². The molecule has 1 aliphatic heterocycles. The molecule has 1 heterocycles. The second-order valence-electron chi connectivity index (χ2n) is 7.57. The van der Waals surface area contributed by atoms with E-state index in [0.717, 1.165) is 5.56 Å². The SMILES string of the molecule is CCOC(=O)N1C(C)c2ccc(C(=O)NCCCP(=O)(O)O)cc2N=C(N)C1(C)C. The number of amides is 2. The fourth-order valence-electron chi connectivity index (χ4n) is 3.32. The third-order valence-electron chi connectivity index (χ3n) is 4.98. The third kappa shape index (κ3) is 5.38.